The molecule has 0 radical (unpaired) electrons. The van der Waals surface area contributed by atoms with Crippen LogP contribution in [-0.4, -0.2) is 26.7 Å². The van der Waals surface area contributed by atoms with Gasteiger partial charge in [-0.1, -0.05) is 106 Å². The van der Waals surface area contributed by atoms with Crippen molar-refractivity contribution in [1.82, 2.24) is 0 Å². The molecule has 4 nitrogen and oxygen atoms in total. The predicted octanol–water partition coefficient (Wildman–Crippen LogP) is 6.20. The Bertz CT molecular complexity index is 1770. The van der Waals surface area contributed by atoms with Crippen LogP contribution in [-0.2, 0) is 13.1 Å². The Hall–Kier alpha value is -4.92. The lowest BCUT2D eigenvalue weighted by atomic mass is 9.90. The van der Waals surface area contributed by atoms with Crippen LogP contribution in [0.15, 0.2) is 121 Å². The van der Waals surface area contributed by atoms with Gasteiger partial charge in [-0.05, 0) is 33.7 Å². The van der Waals surface area contributed by atoms with Crippen molar-refractivity contribution in [1.29, 1.82) is 0 Å². The molecule has 1 heterocycles. The van der Waals surface area contributed by atoms with Gasteiger partial charge in [0.15, 0.2) is 13.1 Å². The Kier molecular flexibility index (Phi) is 4.81. The van der Waals surface area contributed by atoms with Gasteiger partial charge in [-0.3, -0.25) is 9.59 Å². The minimum absolute atomic E-state index is 0.139. The summed E-state index contributed by atoms with van der Waals surface area (Å²) in [4.78, 5) is 27.4. The molecule has 4 heteroatoms. The Morgan fingerprint density at radius 1 is 0.486 bits per heavy atom. The molecule has 0 atom stereocenters. The van der Waals surface area contributed by atoms with Crippen molar-refractivity contribution in [2.45, 2.75) is 13.1 Å². The van der Waals surface area contributed by atoms with E-state index in [1.807, 2.05) is 33.4 Å². The summed E-state index contributed by atoms with van der Waals surface area (Å²) in [5.74, 6) is -0.279. The number of rotatable bonds is 4. The first-order chi connectivity index (χ1) is 18.2. The molecule has 0 amide bonds. The fraction of sp³-hybridized carbons (Fsp3) is 0.0606. The molecule has 1 aliphatic carbocycles. The normalized spacial score (nSPS) is 14.6. The van der Waals surface area contributed by atoms with Gasteiger partial charge in [-0.25, -0.2) is 0 Å². The van der Waals surface area contributed by atoms with Gasteiger partial charge in [-0.15, -0.1) is 0 Å². The fourth-order valence-electron chi connectivity index (χ4n) is 5.36. The van der Waals surface area contributed by atoms with E-state index >= 15 is 0 Å². The summed E-state index contributed by atoms with van der Waals surface area (Å²) in [6.45, 7) is 0.887. The standard InChI is InChI=1S/C33H22N2O2/c36-32-28-11-5-6-12-29(28)33(37)31-30(32)34(19-22-13-15-24-7-1-3-9-26(24)17-22)21-35(31)20-23-14-16-25-8-2-4-10-27(25)18-23/h1-18H,19-20H2/q+2. The van der Waals surface area contributed by atoms with E-state index in [4.69, 9.17) is 0 Å². The van der Waals surface area contributed by atoms with Gasteiger partial charge in [0.25, 0.3) is 11.6 Å². The molecule has 7 rings (SSSR count). The second-order valence-electron chi connectivity index (χ2n) is 9.54. The number of carbonyl (C=O) groups is 2. The molecular formula is C33H22N2O2+2. The van der Waals surface area contributed by atoms with Gasteiger partial charge < -0.3 is 0 Å². The summed E-state index contributed by atoms with van der Waals surface area (Å²) >= 11 is 0. The molecule has 1 aliphatic heterocycles. The summed E-state index contributed by atoms with van der Waals surface area (Å²) in [6, 6.07) is 39.4. The Morgan fingerprint density at radius 2 is 0.892 bits per heavy atom. The number of allylic oxidation sites excluding steroid dienone is 2. The SMILES string of the molecule is O=C1C2=C(C(=O)c3ccccc31)[N+](Cc1ccc3ccccc3c1)=C=[N+]2Cc1ccc2ccccc2c1. The molecule has 5 aromatic rings. The van der Waals surface area contributed by atoms with Crippen LogP contribution in [0.25, 0.3) is 21.5 Å². The molecule has 0 unspecified atom stereocenters. The quantitative estimate of drug-likeness (QED) is 0.289. The smallest absolute Gasteiger partial charge is 0.281 e. The number of carbonyl (C=O) groups excluding carboxylic acids is 2. The van der Waals surface area contributed by atoms with E-state index in [1.165, 1.54) is 0 Å². The molecule has 0 spiro atoms. The van der Waals surface area contributed by atoms with Crippen molar-refractivity contribution in [3.63, 3.8) is 0 Å². The summed E-state index contributed by atoms with van der Waals surface area (Å²) in [7, 11) is 0. The van der Waals surface area contributed by atoms with Crippen molar-refractivity contribution in [3.05, 3.63) is 143 Å². The van der Waals surface area contributed by atoms with E-state index in [-0.39, 0.29) is 11.6 Å². The van der Waals surface area contributed by atoms with Crippen LogP contribution in [0.2, 0.25) is 0 Å². The lowest BCUT2D eigenvalue weighted by Gasteiger charge is -2.11. The van der Waals surface area contributed by atoms with Gasteiger partial charge in [0.1, 0.15) is 0 Å². The maximum atomic E-state index is 13.7. The van der Waals surface area contributed by atoms with Crippen molar-refractivity contribution < 1.29 is 18.7 Å². The zero-order valence-electron chi connectivity index (χ0n) is 20.0. The zero-order chi connectivity index (χ0) is 24.9. The van der Waals surface area contributed by atoms with Crippen LogP contribution in [0, 0.1) is 0 Å². The molecule has 0 N–H and O–H groups in total. The molecule has 0 bridgehead atoms. The first kappa shape index (κ1) is 21.4. The third-order valence-corrected chi connectivity index (χ3v) is 7.16. The topological polar surface area (TPSA) is 40.2 Å². The van der Waals surface area contributed by atoms with E-state index in [1.54, 1.807) is 24.3 Å². The van der Waals surface area contributed by atoms with E-state index in [2.05, 4.69) is 66.7 Å². The van der Waals surface area contributed by atoms with Crippen LogP contribution in [0.5, 0.6) is 0 Å². The fourth-order valence-corrected chi connectivity index (χ4v) is 5.36. The van der Waals surface area contributed by atoms with Crippen LogP contribution in [0.1, 0.15) is 31.8 Å². The first-order valence-electron chi connectivity index (χ1n) is 12.4. The highest BCUT2D eigenvalue weighted by Crippen LogP contribution is 2.31. The Morgan fingerprint density at radius 3 is 1.35 bits per heavy atom. The third kappa shape index (κ3) is 3.55. The highest BCUT2D eigenvalue weighted by molar-refractivity contribution is 6.25. The molecule has 2 aliphatic rings. The maximum Gasteiger partial charge on any atom is 0.490 e. The molecule has 0 saturated heterocycles. The molecule has 174 valence electrons. The van der Waals surface area contributed by atoms with Crippen LogP contribution in [0.4, 0.5) is 0 Å². The van der Waals surface area contributed by atoms with Gasteiger partial charge >= 0.3 is 17.4 Å². The monoisotopic (exact) mass is 478 g/mol. The Labute approximate surface area is 213 Å². The number of ketones is 2. The summed E-state index contributed by atoms with van der Waals surface area (Å²) in [5, 5.41) is 4.60. The minimum Gasteiger partial charge on any atom is -0.281 e. The van der Waals surface area contributed by atoms with E-state index in [0.717, 1.165) is 32.7 Å². The van der Waals surface area contributed by atoms with Gasteiger partial charge in [0.05, 0.1) is 0 Å². The first-order valence-corrected chi connectivity index (χ1v) is 12.4. The predicted molar refractivity (Wildman–Crippen MR) is 143 cm³/mol. The van der Waals surface area contributed by atoms with Crippen LogP contribution >= 0.6 is 0 Å². The number of hydrogen-bond acceptors (Lipinski definition) is 2. The Balaban J connectivity index is 1.35. The summed E-state index contributed by atoms with van der Waals surface area (Å²) in [6.07, 6.45) is 0. The highest BCUT2D eigenvalue weighted by Gasteiger charge is 2.50. The van der Waals surface area contributed by atoms with Crippen molar-refractivity contribution in [3.8, 4) is 0 Å². The minimum atomic E-state index is -0.139. The molecule has 5 aromatic carbocycles. The van der Waals surface area contributed by atoms with Crippen molar-refractivity contribution >= 4 is 39.1 Å². The average molecular weight is 479 g/mol. The largest absolute Gasteiger partial charge is 0.490 e. The van der Waals surface area contributed by atoms with Crippen molar-refractivity contribution in [2.75, 3.05) is 0 Å². The molecule has 0 fully saturated rings. The lowest BCUT2D eigenvalue weighted by Crippen LogP contribution is -2.28. The number of benzene rings is 5. The third-order valence-electron chi connectivity index (χ3n) is 7.16. The van der Waals surface area contributed by atoms with Crippen LogP contribution in [0.3, 0.4) is 0 Å². The number of Topliss-reactive ketones (excluding diaryl/α,β-unsaturated/α-hetero) is 2. The molecular weight excluding hydrogens is 456 g/mol. The van der Waals surface area contributed by atoms with Gasteiger partial charge in [0, 0.05) is 22.3 Å². The second-order valence-corrected chi connectivity index (χ2v) is 9.54. The summed E-state index contributed by atoms with van der Waals surface area (Å²) in [5.41, 5.74) is 3.79. The number of nitrogens with zero attached hydrogens (tertiary/aromatic N) is 2. The number of fused-ring (bicyclic) bond motifs is 3. The van der Waals surface area contributed by atoms with Crippen LogP contribution < -0.4 is 0 Å². The van der Waals surface area contributed by atoms with E-state index in [0.29, 0.717) is 35.6 Å². The molecule has 0 aromatic heterocycles. The van der Waals surface area contributed by atoms with E-state index < -0.39 is 0 Å². The summed E-state index contributed by atoms with van der Waals surface area (Å²) < 4.78 is 3.63. The number of hydrogen-bond donors (Lipinski definition) is 0. The lowest BCUT2D eigenvalue weighted by molar-refractivity contribution is -0.509. The average Bonchev–Trinajstić information content (AvgIpc) is 3.29. The van der Waals surface area contributed by atoms with E-state index in [9.17, 15) is 9.59 Å². The van der Waals surface area contributed by atoms with Gasteiger partial charge in [-0.2, -0.15) is 0 Å². The molecule has 37 heavy (non-hydrogen) atoms. The maximum absolute atomic E-state index is 13.7. The second kappa shape index (κ2) is 8.34. The zero-order valence-corrected chi connectivity index (χ0v) is 20.0. The van der Waals surface area contributed by atoms with Crippen molar-refractivity contribution in [2.24, 2.45) is 0 Å². The highest BCUT2D eigenvalue weighted by atomic mass is 16.1. The molecule has 0 saturated carbocycles. The van der Waals surface area contributed by atoms with Gasteiger partial charge in [0.2, 0.25) is 0 Å².